The van der Waals surface area contributed by atoms with Crippen molar-refractivity contribution in [3.05, 3.63) is 88.4 Å². The van der Waals surface area contributed by atoms with Crippen molar-refractivity contribution < 1.29 is 14.7 Å². The number of hydrogen-bond acceptors (Lipinski definition) is 2. The largest absolute Gasteiger partial charge is 0.478 e. The lowest BCUT2D eigenvalue weighted by molar-refractivity contribution is -0.115. The number of carboxylic acid groups (broad SMARTS) is 1. The molecule has 0 spiro atoms. The Balaban J connectivity index is 1.65. The van der Waals surface area contributed by atoms with E-state index in [0.717, 1.165) is 23.1 Å². The summed E-state index contributed by atoms with van der Waals surface area (Å²) < 4.78 is 0. The summed E-state index contributed by atoms with van der Waals surface area (Å²) in [5.74, 6) is -1.42. The van der Waals surface area contributed by atoms with E-state index >= 15 is 0 Å². The highest BCUT2D eigenvalue weighted by atomic mass is 35.5. The highest BCUT2D eigenvalue weighted by Gasteiger charge is 2.13. The Bertz CT molecular complexity index is 1030. The molecule has 0 heterocycles. The first-order valence-corrected chi connectivity index (χ1v) is 10.3. The Kier molecular flexibility index (Phi) is 7.26. The number of unbranched alkanes of at least 4 members (excludes halogenated alkanes) is 1. The number of halogens is 1. The third-order valence-corrected chi connectivity index (χ3v) is 5.15. The van der Waals surface area contributed by atoms with Gasteiger partial charge in [-0.1, -0.05) is 73.5 Å². The lowest BCUT2D eigenvalue weighted by atomic mass is 10.00. The van der Waals surface area contributed by atoms with Crippen molar-refractivity contribution in [2.75, 3.05) is 5.32 Å². The number of amides is 1. The lowest BCUT2D eigenvalue weighted by Crippen LogP contribution is -2.16. The van der Waals surface area contributed by atoms with Crippen LogP contribution in [0.25, 0.3) is 11.1 Å². The first-order valence-electron chi connectivity index (χ1n) is 9.97. The summed E-state index contributed by atoms with van der Waals surface area (Å²) in [5.41, 5.74) is 4.61. The van der Waals surface area contributed by atoms with Crippen molar-refractivity contribution in [1.29, 1.82) is 0 Å². The fraction of sp³-hybridized carbons (Fsp3) is 0.200. The van der Waals surface area contributed by atoms with Crippen LogP contribution in [0, 0.1) is 0 Å². The molecule has 30 heavy (non-hydrogen) atoms. The van der Waals surface area contributed by atoms with E-state index in [1.807, 2.05) is 24.3 Å². The molecule has 0 saturated heterocycles. The first-order chi connectivity index (χ1) is 14.5. The quantitative estimate of drug-likeness (QED) is 0.453. The molecule has 0 atom stereocenters. The average Bonchev–Trinajstić information content (AvgIpc) is 2.73. The van der Waals surface area contributed by atoms with Gasteiger partial charge >= 0.3 is 5.97 Å². The van der Waals surface area contributed by atoms with Gasteiger partial charge in [0.1, 0.15) is 0 Å². The summed E-state index contributed by atoms with van der Waals surface area (Å²) in [7, 11) is 0. The summed E-state index contributed by atoms with van der Waals surface area (Å²) >= 11 is 5.93. The van der Waals surface area contributed by atoms with E-state index in [0.29, 0.717) is 5.02 Å². The molecule has 0 fully saturated rings. The average molecular weight is 422 g/mol. The molecule has 0 bridgehead atoms. The molecule has 1 amide bonds. The van der Waals surface area contributed by atoms with Gasteiger partial charge in [0.25, 0.3) is 0 Å². The molecule has 154 valence electrons. The van der Waals surface area contributed by atoms with Crippen LogP contribution in [0.3, 0.4) is 0 Å². The van der Waals surface area contributed by atoms with E-state index in [-0.39, 0.29) is 23.6 Å². The van der Waals surface area contributed by atoms with Crippen LogP contribution >= 0.6 is 11.6 Å². The van der Waals surface area contributed by atoms with Crippen LogP contribution in [0.4, 0.5) is 5.69 Å². The Hall–Kier alpha value is -3.11. The number of rotatable bonds is 8. The van der Waals surface area contributed by atoms with Gasteiger partial charge in [-0.05, 0) is 53.3 Å². The SMILES string of the molecule is CCCCc1ccc(-c2ccc(CC(=O)Nc3cc(Cl)ccc3C(=O)O)cc2)cc1. The molecule has 5 heteroatoms. The Morgan fingerprint density at radius 3 is 2.07 bits per heavy atom. The van der Waals surface area contributed by atoms with Crippen molar-refractivity contribution in [2.24, 2.45) is 0 Å². The minimum absolute atomic E-state index is 0.00508. The second-order valence-corrected chi connectivity index (χ2v) is 7.65. The highest BCUT2D eigenvalue weighted by Crippen LogP contribution is 2.23. The number of aromatic carboxylic acids is 1. The van der Waals surface area contributed by atoms with Crippen LogP contribution in [0.1, 0.15) is 41.3 Å². The molecule has 0 aromatic heterocycles. The number of benzene rings is 3. The highest BCUT2D eigenvalue weighted by molar-refractivity contribution is 6.31. The fourth-order valence-electron chi connectivity index (χ4n) is 3.25. The zero-order valence-corrected chi connectivity index (χ0v) is 17.6. The third-order valence-electron chi connectivity index (χ3n) is 4.91. The van der Waals surface area contributed by atoms with Crippen molar-refractivity contribution in [1.82, 2.24) is 0 Å². The van der Waals surface area contributed by atoms with Crippen LogP contribution in [0.5, 0.6) is 0 Å². The number of nitrogens with one attached hydrogen (secondary N) is 1. The van der Waals surface area contributed by atoms with Gasteiger partial charge in [0.15, 0.2) is 0 Å². The number of hydrogen-bond donors (Lipinski definition) is 2. The molecule has 0 saturated carbocycles. The van der Waals surface area contributed by atoms with Crippen LogP contribution in [-0.2, 0) is 17.6 Å². The first kappa shape index (κ1) is 21.6. The van der Waals surface area contributed by atoms with Gasteiger partial charge in [0.2, 0.25) is 5.91 Å². The number of carbonyl (C=O) groups excluding carboxylic acids is 1. The van der Waals surface area contributed by atoms with Crippen molar-refractivity contribution in [3.63, 3.8) is 0 Å². The molecule has 3 rings (SSSR count). The van der Waals surface area contributed by atoms with E-state index in [1.165, 1.54) is 36.6 Å². The normalized spacial score (nSPS) is 10.6. The maximum Gasteiger partial charge on any atom is 0.337 e. The topological polar surface area (TPSA) is 66.4 Å². The summed E-state index contributed by atoms with van der Waals surface area (Å²) in [6.07, 6.45) is 3.62. The molecule has 3 aromatic rings. The van der Waals surface area contributed by atoms with Gasteiger partial charge in [-0.3, -0.25) is 4.79 Å². The van der Waals surface area contributed by atoms with Gasteiger partial charge in [-0.25, -0.2) is 4.79 Å². The predicted octanol–water partition coefficient (Wildman–Crippen LogP) is 6.23. The molecular weight excluding hydrogens is 398 g/mol. The van der Waals surface area contributed by atoms with Crippen LogP contribution in [0.2, 0.25) is 5.02 Å². The second-order valence-electron chi connectivity index (χ2n) is 7.22. The van der Waals surface area contributed by atoms with Gasteiger partial charge in [0.05, 0.1) is 17.7 Å². The fourth-order valence-corrected chi connectivity index (χ4v) is 3.42. The van der Waals surface area contributed by atoms with Crippen LogP contribution in [0.15, 0.2) is 66.7 Å². The van der Waals surface area contributed by atoms with Gasteiger partial charge in [0, 0.05) is 5.02 Å². The molecular formula is C25H24ClNO3. The Labute approximate surface area is 181 Å². The predicted molar refractivity (Wildman–Crippen MR) is 121 cm³/mol. The molecule has 4 nitrogen and oxygen atoms in total. The maximum absolute atomic E-state index is 12.4. The third kappa shape index (κ3) is 5.71. The summed E-state index contributed by atoms with van der Waals surface area (Å²) in [6.45, 7) is 2.19. The number of carboxylic acids is 1. The minimum Gasteiger partial charge on any atom is -0.478 e. The van der Waals surface area contributed by atoms with E-state index in [4.69, 9.17) is 11.6 Å². The summed E-state index contributed by atoms with van der Waals surface area (Å²) in [6, 6.07) is 20.7. The van der Waals surface area contributed by atoms with Crippen LogP contribution in [-0.4, -0.2) is 17.0 Å². The number of carbonyl (C=O) groups is 2. The molecule has 2 N–H and O–H groups in total. The summed E-state index contributed by atoms with van der Waals surface area (Å²) in [5, 5.41) is 12.3. The number of anilines is 1. The lowest BCUT2D eigenvalue weighted by Gasteiger charge is -2.10. The van der Waals surface area contributed by atoms with E-state index in [9.17, 15) is 14.7 Å². The van der Waals surface area contributed by atoms with E-state index in [1.54, 1.807) is 0 Å². The Morgan fingerprint density at radius 1 is 0.900 bits per heavy atom. The molecule has 3 aromatic carbocycles. The molecule has 0 aliphatic rings. The van der Waals surface area contributed by atoms with Gasteiger partial charge in [-0.2, -0.15) is 0 Å². The Morgan fingerprint density at radius 2 is 1.50 bits per heavy atom. The molecule has 0 aliphatic heterocycles. The van der Waals surface area contributed by atoms with Crippen LogP contribution < -0.4 is 5.32 Å². The van der Waals surface area contributed by atoms with Crippen molar-refractivity contribution in [2.45, 2.75) is 32.6 Å². The molecule has 0 unspecified atom stereocenters. The molecule has 0 radical (unpaired) electrons. The monoisotopic (exact) mass is 421 g/mol. The van der Waals surface area contributed by atoms with Crippen molar-refractivity contribution in [3.8, 4) is 11.1 Å². The maximum atomic E-state index is 12.4. The van der Waals surface area contributed by atoms with E-state index in [2.05, 4.69) is 36.5 Å². The summed E-state index contributed by atoms with van der Waals surface area (Å²) in [4.78, 5) is 23.7. The molecule has 0 aliphatic carbocycles. The zero-order valence-electron chi connectivity index (χ0n) is 16.8. The van der Waals surface area contributed by atoms with Gasteiger partial charge in [-0.15, -0.1) is 0 Å². The number of aryl methyl sites for hydroxylation is 1. The van der Waals surface area contributed by atoms with E-state index < -0.39 is 5.97 Å². The van der Waals surface area contributed by atoms with Crippen molar-refractivity contribution >= 4 is 29.2 Å². The standard InChI is InChI=1S/C25H24ClNO3/c1-2-3-4-17-5-9-19(10-6-17)20-11-7-18(8-12-20)15-24(28)27-23-16-21(26)13-14-22(23)25(29)30/h5-14,16H,2-4,15H2,1H3,(H,27,28)(H,29,30). The second kappa shape index (κ2) is 10.1. The van der Waals surface area contributed by atoms with Gasteiger partial charge < -0.3 is 10.4 Å². The smallest absolute Gasteiger partial charge is 0.337 e. The zero-order chi connectivity index (χ0) is 21.5. The minimum atomic E-state index is -1.12.